The van der Waals surface area contributed by atoms with Crippen LogP contribution in [0.5, 0.6) is 0 Å². The summed E-state index contributed by atoms with van der Waals surface area (Å²) in [4.78, 5) is 20.7. The zero-order valence-electron chi connectivity index (χ0n) is 11.8. The predicted octanol–water partition coefficient (Wildman–Crippen LogP) is 3.80. The van der Waals surface area contributed by atoms with Gasteiger partial charge in [-0.05, 0) is 30.3 Å². The second kappa shape index (κ2) is 5.96. The minimum atomic E-state index is -0.839. The van der Waals surface area contributed by atoms with E-state index in [2.05, 4.69) is 26.4 Å². The molecule has 0 aliphatic rings. The average molecular weight is 382 g/mol. The number of aromatic nitrogens is 2. The molecule has 1 aromatic heterocycles. The third-order valence-electron chi connectivity index (χ3n) is 3.20. The molecule has 0 saturated heterocycles. The lowest BCUT2D eigenvalue weighted by molar-refractivity contribution is 0.0595. The third-order valence-corrected chi connectivity index (χ3v) is 3.70. The Labute approximate surface area is 138 Å². The number of nitrogens with one attached hydrogen (secondary N) is 1. The van der Waals surface area contributed by atoms with E-state index in [9.17, 15) is 13.6 Å². The van der Waals surface area contributed by atoms with Crippen LogP contribution in [0, 0.1) is 11.6 Å². The van der Waals surface area contributed by atoms with Gasteiger partial charge in [-0.2, -0.15) is 0 Å². The molecule has 3 rings (SSSR count). The van der Waals surface area contributed by atoms with E-state index in [1.54, 1.807) is 17.7 Å². The standard InChI is InChI=1S/C15H10BrF2N3O2/c1-21-7-19-14-11(18)4-8(5-13(14)21)15(22)23-20-12-3-2-9(16)6-10(12)17/h2-7,20H,1H3. The fraction of sp³-hybridized carbons (Fsp3) is 0.0667. The van der Waals surface area contributed by atoms with Crippen LogP contribution in [0.2, 0.25) is 0 Å². The number of fused-ring (bicyclic) bond motifs is 1. The molecule has 0 atom stereocenters. The van der Waals surface area contributed by atoms with Crippen LogP contribution in [0.25, 0.3) is 11.0 Å². The Kier molecular flexibility index (Phi) is 3.99. The topological polar surface area (TPSA) is 56.2 Å². The average Bonchev–Trinajstić information content (AvgIpc) is 2.88. The van der Waals surface area contributed by atoms with Gasteiger partial charge in [0.15, 0.2) is 11.6 Å². The highest BCUT2D eigenvalue weighted by Gasteiger charge is 2.15. The fourth-order valence-electron chi connectivity index (χ4n) is 2.04. The summed E-state index contributed by atoms with van der Waals surface area (Å²) in [7, 11) is 1.68. The van der Waals surface area contributed by atoms with Crippen LogP contribution in [-0.4, -0.2) is 15.5 Å². The summed E-state index contributed by atoms with van der Waals surface area (Å²) >= 11 is 3.12. The smallest absolute Gasteiger partial charge is 0.338 e. The Hall–Kier alpha value is -2.48. The SMILES string of the molecule is Cn1cnc2c(F)cc(C(=O)ONc3ccc(Br)cc3F)cc21. The highest BCUT2D eigenvalue weighted by Crippen LogP contribution is 2.21. The first-order valence-corrected chi connectivity index (χ1v) is 7.28. The second-order valence-corrected chi connectivity index (χ2v) is 5.71. The predicted molar refractivity (Wildman–Crippen MR) is 83.8 cm³/mol. The summed E-state index contributed by atoms with van der Waals surface area (Å²) in [5.41, 5.74) is 2.82. The van der Waals surface area contributed by atoms with E-state index >= 15 is 0 Å². The molecule has 0 aliphatic heterocycles. The number of carbonyl (C=O) groups excluding carboxylic acids is 1. The normalized spacial score (nSPS) is 10.8. The third kappa shape index (κ3) is 3.02. The second-order valence-electron chi connectivity index (χ2n) is 4.80. The first-order chi connectivity index (χ1) is 11.0. The highest BCUT2D eigenvalue weighted by atomic mass is 79.9. The van der Waals surface area contributed by atoms with Crippen molar-refractivity contribution in [2.45, 2.75) is 0 Å². The molecular weight excluding hydrogens is 372 g/mol. The van der Waals surface area contributed by atoms with Crippen molar-refractivity contribution in [2.75, 3.05) is 5.48 Å². The number of aryl methyl sites for hydroxylation is 1. The van der Waals surface area contributed by atoms with Gasteiger partial charge >= 0.3 is 5.97 Å². The van der Waals surface area contributed by atoms with Crippen LogP contribution in [0.1, 0.15) is 10.4 Å². The van der Waals surface area contributed by atoms with Gasteiger partial charge in [-0.1, -0.05) is 15.9 Å². The molecule has 0 unspecified atom stereocenters. The molecule has 0 spiro atoms. The van der Waals surface area contributed by atoms with E-state index in [0.717, 1.165) is 6.07 Å². The lowest BCUT2D eigenvalue weighted by atomic mass is 10.2. The molecule has 3 aromatic rings. The Morgan fingerprint density at radius 1 is 1.26 bits per heavy atom. The van der Waals surface area contributed by atoms with Crippen LogP contribution in [-0.2, 0) is 11.9 Å². The summed E-state index contributed by atoms with van der Waals surface area (Å²) in [5.74, 6) is -2.07. The molecular formula is C15H10BrF2N3O2. The van der Waals surface area contributed by atoms with Gasteiger partial charge in [0, 0.05) is 11.5 Å². The van der Waals surface area contributed by atoms with Gasteiger partial charge in [-0.3, -0.25) is 0 Å². The lowest BCUT2D eigenvalue weighted by Gasteiger charge is -2.08. The lowest BCUT2D eigenvalue weighted by Crippen LogP contribution is -2.12. The summed E-state index contributed by atoms with van der Waals surface area (Å²) in [6.07, 6.45) is 1.44. The van der Waals surface area contributed by atoms with E-state index in [4.69, 9.17) is 4.84 Å². The molecule has 0 saturated carbocycles. The van der Waals surface area contributed by atoms with Crippen molar-refractivity contribution < 1.29 is 18.4 Å². The van der Waals surface area contributed by atoms with Crippen molar-refractivity contribution in [1.29, 1.82) is 0 Å². The van der Waals surface area contributed by atoms with Gasteiger partial charge in [-0.15, -0.1) is 0 Å². The first-order valence-electron chi connectivity index (χ1n) is 6.48. The molecule has 118 valence electrons. The molecule has 8 heteroatoms. The van der Waals surface area contributed by atoms with Gasteiger partial charge in [-0.25, -0.2) is 24.0 Å². The molecule has 1 N–H and O–H groups in total. The van der Waals surface area contributed by atoms with E-state index in [-0.39, 0.29) is 16.8 Å². The molecule has 23 heavy (non-hydrogen) atoms. The number of halogens is 3. The Balaban J connectivity index is 1.82. The van der Waals surface area contributed by atoms with E-state index in [1.807, 2.05) is 0 Å². The number of hydrogen-bond acceptors (Lipinski definition) is 4. The van der Waals surface area contributed by atoms with E-state index in [1.165, 1.54) is 24.5 Å². The largest absolute Gasteiger partial charge is 0.362 e. The fourth-order valence-corrected chi connectivity index (χ4v) is 2.37. The van der Waals surface area contributed by atoms with Gasteiger partial charge in [0.25, 0.3) is 0 Å². The summed E-state index contributed by atoms with van der Waals surface area (Å²) in [6.45, 7) is 0. The number of rotatable bonds is 3. The van der Waals surface area contributed by atoms with Gasteiger partial charge in [0.1, 0.15) is 11.2 Å². The van der Waals surface area contributed by atoms with Crippen molar-refractivity contribution in [3.8, 4) is 0 Å². The minimum Gasteiger partial charge on any atom is -0.338 e. The van der Waals surface area contributed by atoms with Crippen molar-refractivity contribution in [3.05, 3.63) is 58.3 Å². The Bertz CT molecular complexity index is 911. The summed E-state index contributed by atoms with van der Waals surface area (Å²) in [5, 5.41) is 0. The van der Waals surface area contributed by atoms with Gasteiger partial charge in [0.2, 0.25) is 0 Å². The van der Waals surface area contributed by atoms with Crippen molar-refractivity contribution >= 4 is 38.6 Å². The molecule has 0 aliphatic carbocycles. The summed E-state index contributed by atoms with van der Waals surface area (Å²) < 4.78 is 29.7. The zero-order chi connectivity index (χ0) is 16.6. The molecule has 0 radical (unpaired) electrons. The van der Waals surface area contributed by atoms with Crippen molar-refractivity contribution in [3.63, 3.8) is 0 Å². The number of imidazole rings is 1. The van der Waals surface area contributed by atoms with Gasteiger partial charge in [0.05, 0.1) is 17.4 Å². The molecule has 5 nitrogen and oxygen atoms in total. The monoisotopic (exact) mass is 381 g/mol. The Morgan fingerprint density at radius 2 is 2.04 bits per heavy atom. The van der Waals surface area contributed by atoms with Crippen LogP contribution >= 0.6 is 15.9 Å². The summed E-state index contributed by atoms with van der Waals surface area (Å²) in [6, 6.07) is 6.68. The van der Waals surface area contributed by atoms with Crippen LogP contribution in [0.4, 0.5) is 14.5 Å². The van der Waals surface area contributed by atoms with Crippen LogP contribution in [0.15, 0.2) is 41.1 Å². The van der Waals surface area contributed by atoms with Gasteiger partial charge < -0.3 is 9.40 Å². The van der Waals surface area contributed by atoms with Crippen LogP contribution < -0.4 is 5.48 Å². The van der Waals surface area contributed by atoms with Crippen LogP contribution in [0.3, 0.4) is 0 Å². The number of benzene rings is 2. The number of carbonyl (C=O) groups is 1. The molecule has 0 bridgehead atoms. The first kappa shape index (κ1) is 15.4. The van der Waals surface area contributed by atoms with E-state index in [0.29, 0.717) is 9.99 Å². The number of hydrogen-bond donors (Lipinski definition) is 1. The minimum absolute atomic E-state index is 0.0105. The maximum Gasteiger partial charge on any atom is 0.362 e. The zero-order valence-corrected chi connectivity index (χ0v) is 13.4. The molecule has 1 heterocycles. The van der Waals surface area contributed by atoms with Crippen molar-refractivity contribution in [2.24, 2.45) is 7.05 Å². The van der Waals surface area contributed by atoms with Crippen molar-refractivity contribution in [1.82, 2.24) is 9.55 Å². The maximum absolute atomic E-state index is 13.9. The van der Waals surface area contributed by atoms with E-state index < -0.39 is 17.6 Å². The molecule has 0 fully saturated rings. The molecule has 2 aromatic carbocycles. The Morgan fingerprint density at radius 3 is 2.78 bits per heavy atom. The maximum atomic E-state index is 13.9. The highest BCUT2D eigenvalue weighted by molar-refractivity contribution is 9.10. The number of nitrogens with zero attached hydrogens (tertiary/aromatic N) is 2. The quantitative estimate of drug-likeness (QED) is 0.701. The number of anilines is 1. The molecule has 0 amide bonds.